The van der Waals surface area contributed by atoms with Crippen LogP contribution in [0.2, 0.25) is 5.02 Å². The van der Waals surface area contributed by atoms with Crippen LogP contribution in [-0.2, 0) is 24.2 Å². The second-order valence-electron chi connectivity index (χ2n) is 8.15. The molecule has 0 aliphatic carbocycles. The van der Waals surface area contributed by atoms with Crippen LogP contribution in [0.5, 0.6) is 5.75 Å². The van der Waals surface area contributed by atoms with Gasteiger partial charge in [0.05, 0.1) is 24.0 Å². The van der Waals surface area contributed by atoms with E-state index in [9.17, 15) is 4.79 Å². The van der Waals surface area contributed by atoms with Crippen molar-refractivity contribution in [2.45, 2.75) is 33.2 Å². The summed E-state index contributed by atoms with van der Waals surface area (Å²) in [6.45, 7) is 5.86. The molecule has 170 valence electrons. The van der Waals surface area contributed by atoms with Gasteiger partial charge in [-0.3, -0.25) is 4.79 Å². The normalized spacial score (nSPS) is 11.0. The number of nitrogens with one attached hydrogen (secondary N) is 1. The molecule has 0 fully saturated rings. The third-order valence-electron chi connectivity index (χ3n) is 5.62. The lowest BCUT2D eigenvalue weighted by Crippen LogP contribution is -2.28. The lowest BCUT2D eigenvalue weighted by atomic mass is 10.1. The van der Waals surface area contributed by atoms with E-state index < -0.39 is 0 Å². The molecule has 0 atom stereocenters. The van der Waals surface area contributed by atoms with Crippen molar-refractivity contribution in [2.24, 2.45) is 0 Å². The minimum absolute atomic E-state index is 0.0519. The molecule has 6 heteroatoms. The maximum absolute atomic E-state index is 12.4. The number of fused-ring (bicyclic) bond motifs is 1. The molecule has 0 aliphatic heterocycles. The highest BCUT2D eigenvalue weighted by Crippen LogP contribution is 2.20. The number of aryl methyl sites for hydroxylation is 2. The molecule has 33 heavy (non-hydrogen) atoms. The third-order valence-corrected chi connectivity index (χ3v) is 5.98. The van der Waals surface area contributed by atoms with E-state index in [1.165, 1.54) is 5.56 Å². The summed E-state index contributed by atoms with van der Waals surface area (Å²) in [4.78, 5) is 17.2. The molecule has 5 nitrogen and oxygen atoms in total. The zero-order valence-electron chi connectivity index (χ0n) is 19.0. The number of nitrogens with zero attached hydrogens (tertiary/aromatic N) is 2. The fourth-order valence-electron chi connectivity index (χ4n) is 3.96. The van der Waals surface area contributed by atoms with Gasteiger partial charge in [0, 0.05) is 18.0 Å². The lowest BCUT2D eigenvalue weighted by molar-refractivity contribution is -0.120. The highest BCUT2D eigenvalue weighted by Gasteiger charge is 2.12. The fourth-order valence-corrected chi connectivity index (χ4v) is 4.17. The van der Waals surface area contributed by atoms with E-state index in [0.29, 0.717) is 31.1 Å². The molecule has 1 aromatic heterocycles. The maximum Gasteiger partial charge on any atom is 0.224 e. The molecule has 3 aromatic carbocycles. The van der Waals surface area contributed by atoms with Gasteiger partial charge in [-0.25, -0.2) is 4.98 Å². The van der Waals surface area contributed by atoms with E-state index in [0.717, 1.165) is 33.7 Å². The van der Waals surface area contributed by atoms with Crippen LogP contribution in [0, 0.1) is 13.8 Å². The molecule has 0 saturated heterocycles. The second-order valence-corrected chi connectivity index (χ2v) is 8.56. The monoisotopic (exact) mass is 461 g/mol. The molecule has 0 aliphatic rings. The van der Waals surface area contributed by atoms with Gasteiger partial charge in [0.1, 0.15) is 18.2 Å². The molecule has 1 N–H and O–H groups in total. The molecule has 0 unspecified atom stereocenters. The molecule has 0 radical (unpaired) electrons. The lowest BCUT2D eigenvalue weighted by Gasteiger charge is -2.13. The summed E-state index contributed by atoms with van der Waals surface area (Å²) >= 11 is 6.17. The number of carbonyl (C=O) groups excluding carboxylic acids is 1. The minimum Gasteiger partial charge on any atom is -0.491 e. The Bertz CT molecular complexity index is 1270. The van der Waals surface area contributed by atoms with Crippen molar-refractivity contribution in [3.8, 4) is 5.75 Å². The largest absolute Gasteiger partial charge is 0.491 e. The number of benzene rings is 3. The van der Waals surface area contributed by atoms with E-state index in [-0.39, 0.29) is 12.3 Å². The van der Waals surface area contributed by atoms with Crippen LogP contribution >= 0.6 is 11.6 Å². The van der Waals surface area contributed by atoms with Crippen molar-refractivity contribution < 1.29 is 9.53 Å². The number of halogens is 1. The van der Waals surface area contributed by atoms with Crippen molar-refractivity contribution in [3.63, 3.8) is 0 Å². The molecule has 0 spiro atoms. The summed E-state index contributed by atoms with van der Waals surface area (Å²) in [6.07, 6.45) is 0.895. The Morgan fingerprint density at radius 1 is 1.06 bits per heavy atom. The van der Waals surface area contributed by atoms with Gasteiger partial charge in [0.2, 0.25) is 5.91 Å². The van der Waals surface area contributed by atoms with Crippen molar-refractivity contribution in [3.05, 3.63) is 94.3 Å². The first-order chi connectivity index (χ1) is 16.0. The molecular weight excluding hydrogens is 434 g/mol. The van der Waals surface area contributed by atoms with Crippen LogP contribution in [0.3, 0.4) is 0 Å². The van der Waals surface area contributed by atoms with Crippen LogP contribution in [0.4, 0.5) is 0 Å². The predicted molar refractivity (Wildman–Crippen MR) is 133 cm³/mol. The minimum atomic E-state index is -0.0519. The molecule has 4 rings (SSSR count). The van der Waals surface area contributed by atoms with Crippen LogP contribution in [0.1, 0.15) is 22.5 Å². The summed E-state index contributed by atoms with van der Waals surface area (Å²) in [5.74, 6) is 1.78. The summed E-state index contributed by atoms with van der Waals surface area (Å²) in [5.41, 5.74) is 5.19. The van der Waals surface area contributed by atoms with Gasteiger partial charge < -0.3 is 14.6 Å². The zero-order valence-corrected chi connectivity index (χ0v) is 19.7. The van der Waals surface area contributed by atoms with Gasteiger partial charge in [-0.15, -0.1) is 0 Å². The molecular formula is C27H28ClN3O2. The Hall–Kier alpha value is -3.31. The molecule has 1 amide bonds. The Morgan fingerprint density at radius 3 is 2.67 bits per heavy atom. The number of aromatic nitrogens is 2. The highest BCUT2D eigenvalue weighted by molar-refractivity contribution is 6.31. The maximum atomic E-state index is 12.4. The summed E-state index contributed by atoms with van der Waals surface area (Å²) in [6, 6.07) is 21.7. The van der Waals surface area contributed by atoms with Crippen molar-refractivity contribution in [1.82, 2.24) is 14.9 Å². The van der Waals surface area contributed by atoms with Crippen LogP contribution in [-0.4, -0.2) is 28.6 Å². The van der Waals surface area contributed by atoms with Gasteiger partial charge in [-0.05, 0) is 49.2 Å². The van der Waals surface area contributed by atoms with Crippen LogP contribution in [0.25, 0.3) is 11.0 Å². The molecule has 1 heterocycles. The van der Waals surface area contributed by atoms with Crippen molar-refractivity contribution in [1.29, 1.82) is 0 Å². The Labute approximate surface area is 199 Å². The van der Waals surface area contributed by atoms with Gasteiger partial charge >= 0.3 is 0 Å². The number of carbonyl (C=O) groups is 1. The van der Waals surface area contributed by atoms with Gasteiger partial charge in [0.15, 0.2) is 0 Å². The zero-order chi connectivity index (χ0) is 23.2. The third kappa shape index (κ3) is 5.74. The SMILES string of the molecule is Cc1ccc(OCCn2c(CCNC(=O)Cc3ccccc3Cl)nc3ccccc32)c(C)c1. The topological polar surface area (TPSA) is 56.1 Å². The van der Waals surface area contributed by atoms with E-state index in [4.69, 9.17) is 21.3 Å². The molecule has 0 bridgehead atoms. The van der Waals surface area contributed by atoms with E-state index in [2.05, 4.69) is 41.9 Å². The van der Waals surface area contributed by atoms with Crippen LogP contribution < -0.4 is 10.1 Å². The number of imidazole rings is 1. The number of hydrogen-bond acceptors (Lipinski definition) is 3. The Kier molecular flexibility index (Phi) is 7.30. The first-order valence-corrected chi connectivity index (χ1v) is 11.5. The van der Waals surface area contributed by atoms with Crippen molar-refractivity contribution in [2.75, 3.05) is 13.2 Å². The predicted octanol–water partition coefficient (Wildman–Crippen LogP) is 5.29. The number of hydrogen-bond donors (Lipinski definition) is 1. The number of rotatable bonds is 9. The summed E-state index contributed by atoms with van der Waals surface area (Å²) in [5, 5.41) is 3.60. The first-order valence-electron chi connectivity index (χ1n) is 11.2. The Morgan fingerprint density at radius 2 is 1.85 bits per heavy atom. The average Bonchev–Trinajstić information content (AvgIpc) is 3.14. The molecule has 0 saturated carbocycles. The van der Waals surface area contributed by atoms with E-state index >= 15 is 0 Å². The average molecular weight is 462 g/mol. The second kappa shape index (κ2) is 10.5. The highest BCUT2D eigenvalue weighted by atomic mass is 35.5. The van der Waals surface area contributed by atoms with E-state index in [1.54, 1.807) is 6.07 Å². The van der Waals surface area contributed by atoms with Gasteiger partial charge in [-0.2, -0.15) is 0 Å². The smallest absolute Gasteiger partial charge is 0.224 e. The number of para-hydroxylation sites is 2. The van der Waals surface area contributed by atoms with Gasteiger partial charge in [-0.1, -0.05) is 59.6 Å². The van der Waals surface area contributed by atoms with E-state index in [1.807, 2.05) is 42.5 Å². The quantitative estimate of drug-likeness (QED) is 0.368. The summed E-state index contributed by atoms with van der Waals surface area (Å²) in [7, 11) is 0. The first kappa shape index (κ1) is 22.9. The molecule has 4 aromatic rings. The fraction of sp³-hybridized carbons (Fsp3) is 0.259. The standard InChI is InChI=1S/C27H28ClN3O2/c1-19-11-12-25(20(2)17-19)33-16-15-31-24-10-6-5-9-23(24)30-26(31)13-14-29-27(32)18-21-7-3-4-8-22(21)28/h3-12,17H,13-16,18H2,1-2H3,(H,29,32). The van der Waals surface area contributed by atoms with Crippen molar-refractivity contribution >= 4 is 28.5 Å². The Balaban J connectivity index is 1.39. The van der Waals surface area contributed by atoms with Gasteiger partial charge in [0.25, 0.3) is 0 Å². The number of amides is 1. The summed E-state index contributed by atoms with van der Waals surface area (Å²) < 4.78 is 8.24. The number of ether oxygens (including phenoxy) is 1. The van der Waals surface area contributed by atoms with Crippen LogP contribution in [0.15, 0.2) is 66.7 Å².